The summed E-state index contributed by atoms with van der Waals surface area (Å²) in [6.07, 6.45) is 2.21. The number of hydrogen-bond donors (Lipinski definition) is 0. The maximum atomic E-state index is 12.4. The Bertz CT molecular complexity index is 631. The number of nitrogens with zero attached hydrogens (tertiary/aromatic N) is 2. The number of sulfonamides is 1. The molecule has 0 unspecified atom stereocenters. The van der Waals surface area contributed by atoms with E-state index in [0.29, 0.717) is 26.3 Å². The average Bonchev–Trinajstić information content (AvgIpc) is 3.14. The first-order valence-electron chi connectivity index (χ1n) is 6.94. The summed E-state index contributed by atoms with van der Waals surface area (Å²) in [7, 11) is -3.48. The van der Waals surface area contributed by atoms with Crippen LogP contribution in [-0.4, -0.2) is 54.1 Å². The van der Waals surface area contributed by atoms with Gasteiger partial charge in [-0.05, 0) is 18.6 Å². The molecule has 0 amide bonds. The predicted octanol–water partition coefficient (Wildman–Crippen LogP) is 2.39. The molecule has 1 aliphatic heterocycles. The topological polar surface area (TPSA) is 59.5 Å². The lowest BCUT2D eigenvalue weighted by molar-refractivity contribution is 0.0730. The van der Waals surface area contributed by atoms with E-state index in [2.05, 4.69) is 4.98 Å². The standard InChI is InChI=1S/C13H16Cl2N2O3S2/c14-13(15)7-10(13)9-21-12-2-1-11(8-16-12)22(18,19)17-3-5-20-6-4-17/h1-2,8,10H,3-7,9H2/t10-/m0/s1. The number of aromatic nitrogens is 1. The van der Waals surface area contributed by atoms with Crippen molar-refractivity contribution >= 4 is 45.0 Å². The molecule has 2 aliphatic rings. The van der Waals surface area contributed by atoms with Crippen molar-refractivity contribution in [2.75, 3.05) is 32.1 Å². The molecule has 1 aromatic rings. The van der Waals surface area contributed by atoms with Gasteiger partial charge in [-0.25, -0.2) is 13.4 Å². The van der Waals surface area contributed by atoms with E-state index in [1.807, 2.05) is 0 Å². The highest BCUT2D eigenvalue weighted by Gasteiger charge is 2.51. The Hall–Kier alpha value is -0.0500. The van der Waals surface area contributed by atoms with Gasteiger partial charge in [-0.15, -0.1) is 35.0 Å². The summed E-state index contributed by atoms with van der Waals surface area (Å²) in [4.78, 5) is 4.44. The number of pyridine rings is 1. The molecule has 0 spiro atoms. The van der Waals surface area contributed by atoms with Crippen LogP contribution in [0, 0.1) is 5.92 Å². The van der Waals surface area contributed by atoms with Gasteiger partial charge in [-0.1, -0.05) is 0 Å². The van der Waals surface area contributed by atoms with E-state index in [-0.39, 0.29) is 10.8 Å². The Labute approximate surface area is 144 Å². The van der Waals surface area contributed by atoms with E-state index in [9.17, 15) is 8.42 Å². The SMILES string of the molecule is O=S(=O)(c1ccc(SC[C@@H]2CC2(Cl)Cl)nc1)N1CCOCC1. The number of halogens is 2. The van der Waals surface area contributed by atoms with Crippen LogP contribution in [-0.2, 0) is 14.8 Å². The molecule has 3 rings (SSSR count). The second-order valence-corrected chi connectivity index (χ2v) is 9.84. The van der Waals surface area contributed by atoms with E-state index < -0.39 is 14.4 Å². The first kappa shape index (κ1) is 16.8. The summed E-state index contributed by atoms with van der Waals surface area (Å²) in [6, 6.07) is 3.33. The van der Waals surface area contributed by atoms with Gasteiger partial charge in [0, 0.05) is 31.0 Å². The molecule has 22 heavy (non-hydrogen) atoms. The van der Waals surface area contributed by atoms with Crippen molar-refractivity contribution in [1.82, 2.24) is 9.29 Å². The summed E-state index contributed by atoms with van der Waals surface area (Å²) in [5, 5.41) is 0.775. The molecule has 5 nitrogen and oxygen atoms in total. The highest BCUT2D eigenvalue weighted by Crippen LogP contribution is 2.54. The number of morpholine rings is 1. The highest BCUT2D eigenvalue weighted by molar-refractivity contribution is 7.99. The lowest BCUT2D eigenvalue weighted by atomic mass is 10.5. The molecule has 1 aliphatic carbocycles. The van der Waals surface area contributed by atoms with Crippen LogP contribution in [0.3, 0.4) is 0 Å². The first-order chi connectivity index (χ1) is 10.4. The molecule has 0 N–H and O–H groups in total. The van der Waals surface area contributed by atoms with E-state index in [1.165, 1.54) is 22.3 Å². The zero-order valence-corrected chi connectivity index (χ0v) is 14.9. The smallest absolute Gasteiger partial charge is 0.244 e. The van der Waals surface area contributed by atoms with Crippen molar-refractivity contribution < 1.29 is 13.2 Å². The molecule has 9 heteroatoms. The third kappa shape index (κ3) is 3.71. The quantitative estimate of drug-likeness (QED) is 0.577. The van der Waals surface area contributed by atoms with Gasteiger partial charge in [0.25, 0.3) is 0 Å². The molecular formula is C13H16Cl2N2O3S2. The summed E-state index contributed by atoms with van der Waals surface area (Å²) in [6.45, 7) is 1.63. The Morgan fingerprint density at radius 1 is 1.36 bits per heavy atom. The van der Waals surface area contributed by atoms with E-state index in [4.69, 9.17) is 27.9 Å². The predicted molar refractivity (Wildman–Crippen MR) is 87.1 cm³/mol. The fraction of sp³-hybridized carbons (Fsp3) is 0.615. The number of thioether (sulfide) groups is 1. The van der Waals surface area contributed by atoms with Crippen molar-refractivity contribution in [3.8, 4) is 0 Å². The number of rotatable bonds is 5. The van der Waals surface area contributed by atoms with Gasteiger partial charge in [0.2, 0.25) is 10.0 Å². The maximum Gasteiger partial charge on any atom is 0.244 e. The summed E-state index contributed by atoms with van der Waals surface area (Å²) < 4.78 is 30.9. The molecule has 0 aromatic carbocycles. The molecule has 2 fully saturated rings. The van der Waals surface area contributed by atoms with Crippen molar-refractivity contribution in [1.29, 1.82) is 0 Å². The fourth-order valence-electron chi connectivity index (χ4n) is 2.18. The van der Waals surface area contributed by atoms with Crippen LogP contribution in [0.25, 0.3) is 0 Å². The molecule has 1 saturated heterocycles. The van der Waals surface area contributed by atoms with Crippen molar-refractivity contribution in [3.05, 3.63) is 18.3 Å². The zero-order chi connectivity index (χ0) is 15.8. The minimum Gasteiger partial charge on any atom is -0.379 e. The van der Waals surface area contributed by atoms with Crippen LogP contribution in [0.5, 0.6) is 0 Å². The zero-order valence-electron chi connectivity index (χ0n) is 11.7. The van der Waals surface area contributed by atoms with Crippen LogP contribution in [0.1, 0.15) is 6.42 Å². The average molecular weight is 383 g/mol. The lowest BCUT2D eigenvalue weighted by Crippen LogP contribution is -2.40. The highest BCUT2D eigenvalue weighted by atomic mass is 35.5. The fourth-order valence-corrected chi connectivity index (χ4v) is 5.31. The van der Waals surface area contributed by atoms with Crippen LogP contribution in [0.4, 0.5) is 0 Å². The summed E-state index contributed by atoms with van der Waals surface area (Å²) in [5.41, 5.74) is 0. The van der Waals surface area contributed by atoms with E-state index >= 15 is 0 Å². The number of hydrogen-bond acceptors (Lipinski definition) is 5. The Morgan fingerprint density at radius 3 is 2.59 bits per heavy atom. The monoisotopic (exact) mass is 382 g/mol. The number of ether oxygens (including phenoxy) is 1. The third-order valence-corrected chi connectivity index (χ3v) is 7.62. The van der Waals surface area contributed by atoms with Gasteiger partial charge in [-0.3, -0.25) is 0 Å². The normalized spacial score (nSPS) is 25.1. The molecular weight excluding hydrogens is 367 g/mol. The largest absolute Gasteiger partial charge is 0.379 e. The number of alkyl halides is 2. The molecule has 0 bridgehead atoms. The Balaban J connectivity index is 1.63. The van der Waals surface area contributed by atoms with E-state index in [1.54, 1.807) is 12.1 Å². The van der Waals surface area contributed by atoms with Crippen LogP contribution < -0.4 is 0 Å². The van der Waals surface area contributed by atoms with Gasteiger partial charge in [0.15, 0.2) is 0 Å². The second kappa shape index (κ2) is 6.45. The summed E-state index contributed by atoms with van der Waals surface area (Å²) >= 11 is 13.5. The Morgan fingerprint density at radius 2 is 2.05 bits per heavy atom. The van der Waals surface area contributed by atoms with Crippen molar-refractivity contribution in [2.24, 2.45) is 5.92 Å². The van der Waals surface area contributed by atoms with Crippen LogP contribution in [0.2, 0.25) is 0 Å². The van der Waals surface area contributed by atoms with Gasteiger partial charge >= 0.3 is 0 Å². The Kier molecular flexibility index (Phi) is 4.93. The van der Waals surface area contributed by atoms with E-state index in [0.717, 1.165) is 17.2 Å². The van der Waals surface area contributed by atoms with Gasteiger partial charge in [0.1, 0.15) is 9.23 Å². The van der Waals surface area contributed by atoms with Gasteiger partial charge in [0.05, 0.1) is 18.2 Å². The third-order valence-electron chi connectivity index (χ3n) is 3.71. The molecule has 2 heterocycles. The van der Waals surface area contributed by atoms with Crippen LogP contribution in [0.15, 0.2) is 28.3 Å². The van der Waals surface area contributed by atoms with Gasteiger partial charge in [-0.2, -0.15) is 4.31 Å². The summed E-state index contributed by atoms with van der Waals surface area (Å²) in [5.74, 6) is 1.06. The minimum atomic E-state index is -3.48. The lowest BCUT2D eigenvalue weighted by Gasteiger charge is -2.25. The minimum absolute atomic E-state index is 0.217. The molecule has 1 atom stereocenters. The molecule has 0 radical (unpaired) electrons. The second-order valence-electron chi connectivity index (χ2n) is 5.32. The molecule has 122 valence electrons. The van der Waals surface area contributed by atoms with Crippen LogP contribution >= 0.6 is 35.0 Å². The molecule has 1 saturated carbocycles. The van der Waals surface area contributed by atoms with Crippen molar-refractivity contribution in [3.63, 3.8) is 0 Å². The maximum absolute atomic E-state index is 12.4. The van der Waals surface area contributed by atoms with Crippen molar-refractivity contribution in [2.45, 2.75) is 20.7 Å². The molecule has 1 aromatic heterocycles. The first-order valence-corrected chi connectivity index (χ1v) is 10.1. The van der Waals surface area contributed by atoms with Gasteiger partial charge < -0.3 is 4.74 Å².